The van der Waals surface area contributed by atoms with Crippen LogP contribution in [0.1, 0.15) is 29.4 Å². The molecule has 1 radical (unpaired) electrons. The standard InChI is InChI=1S/C10H12OSi.C10H9.2ClH.Zr/c1-6-9-7-4-5-11-8(7)10(6)12(9,2)3;1-8-6-9-4-2-3-5-10(9)7-8;;;/h4-5,10H,1-3H3;2-7H,1H3;2*1H;/q;-1;;;+3/p-2. The summed E-state index contributed by atoms with van der Waals surface area (Å²) >= 11 is 0. The number of furan rings is 1. The first-order chi connectivity index (χ1) is 10.5. The molecule has 0 spiro atoms. The van der Waals surface area contributed by atoms with Gasteiger partial charge < -0.3 is 29.2 Å². The Balaban J connectivity index is 0.000000226. The van der Waals surface area contributed by atoms with E-state index in [4.69, 9.17) is 4.42 Å². The predicted octanol–water partition coefficient (Wildman–Crippen LogP) is -0.177. The largest absolute Gasteiger partial charge is 3.00 e. The normalized spacial score (nSPS) is 18.0. The summed E-state index contributed by atoms with van der Waals surface area (Å²) in [6.07, 6.45) is 1.83. The molecule has 1 nitrogen and oxygen atoms in total. The predicted molar refractivity (Wildman–Crippen MR) is 95.8 cm³/mol. The van der Waals surface area contributed by atoms with Crippen LogP contribution in [0.5, 0.6) is 0 Å². The molecule has 0 saturated heterocycles. The van der Waals surface area contributed by atoms with Gasteiger partial charge >= 0.3 is 26.2 Å². The van der Waals surface area contributed by atoms with Crippen LogP contribution in [0.15, 0.2) is 58.7 Å². The zero-order valence-electron chi connectivity index (χ0n) is 14.9. The van der Waals surface area contributed by atoms with Gasteiger partial charge in [-0.2, -0.15) is 6.07 Å². The second kappa shape index (κ2) is 8.05. The second-order valence-corrected chi connectivity index (χ2v) is 11.6. The van der Waals surface area contributed by atoms with E-state index in [0.717, 1.165) is 0 Å². The van der Waals surface area contributed by atoms with Crippen LogP contribution in [0.4, 0.5) is 0 Å². The van der Waals surface area contributed by atoms with Gasteiger partial charge in [0.25, 0.3) is 0 Å². The molecule has 0 saturated carbocycles. The summed E-state index contributed by atoms with van der Waals surface area (Å²) in [5, 5.41) is 4.36. The molecule has 1 unspecified atom stereocenters. The van der Waals surface area contributed by atoms with Gasteiger partial charge in [-0.3, -0.25) is 0 Å². The summed E-state index contributed by atoms with van der Waals surface area (Å²) < 4.78 is 5.53. The molecule has 0 fully saturated rings. The summed E-state index contributed by atoms with van der Waals surface area (Å²) in [6, 6.07) is 15.0. The van der Waals surface area contributed by atoms with Crippen LogP contribution in [0.2, 0.25) is 13.1 Å². The third-order valence-corrected chi connectivity index (χ3v) is 9.27. The van der Waals surface area contributed by atoms with E-state index < -0.39 is 8.07 Å². The van der Waals surface area contributed by atoms with E-state index in [1.165, 1.54) is 27.7 Å². The van der Waals surface area contributed by atoms with Crippen molar-refractivity contribution in [1.82, 2.24) is 0 Å². The fraction of sp³-hybridized carbons (Fsp3) is 0.250. The number of hydrogen-bond acceptors (Lipinski definition) is 1. The number of halogens is 2. The van der Waals surface area contributed by atoms with Crippen LogP contribution >= 0.6 is 0 Å². The first-order valence-corrected chi connectivity index (χ1v) is 11.0. The molecule has 1 atom stereocenters. The fourth-order valence-corrected chi connectivity index (χ4v) is 8.63. The minimum atomic E-state index is -1.08. The van der Waals surface area contributed by atoms with Gasteiger partial charge in [-0.05, 0) is 18.2 Å². The molecule has 25 heavy (non-hydrogen) atoms. The average molecular weight is 468 g/mol. The fourth-order valence-electron chi connectivity index (χ4n) is 4.40. The van der Waals surface area contributed by atoms with Crippen LogP contribution in [-0.4, -0.2) is 8.07 Å². The average Bonchev–Trinajstić information content (AvgIpc) is 3.13. The van der Waals surface area contributed by atoms with Gasteiger partial charge in [-0.15, -0.1) is 40.6 Å². The van der Waals surface area contributed by atoms with Gasteiger partial charge in [0.1, 0.15) is 5.76 Å². The smallest absolute Gasteiger partial charge is 1.00 e. The zero-order chi connectivity index (χ0) is 15.5. The van der Waals surface area contributed by atoms with Crippen LogP contribution in [0, 0.1) is 6.92 Å². The molecule has 2 aliphatic heterocycles. The Labute approximate surface area is 182 Å². The summed E-state index contributed by atoms with van der Waals surface area (Å²) in [6.45, 7) is 9.26. The summed E-state index contributed by atoms with van der Waals surface area (Å²) in [5.74, 6) is 1.26. The van der Waals surface area contributed by atoms with E-state index in [1.54, 1.807) is 10.8 Å². The minimum Gasteiger partial charge on any atom is -1.00 e. The van der Waals surface area contributed by atoms with Crippen molar-refractivity contribution >= 4 is 24.0 Å². The van der Waals surface area contributed by atoms with Crippen LogP contribution < -0.4 is 24.8 Å². The zero-order valence-corrected chi connectivity index (χ0v) is 19.8. The monoisotopic (exact) mass is 465 g/mol. The van der Waals surface area contributed by atoms with Gasteiger partial charge in [-0.25, -0.2) is 0 Å². The molecule has 2 aromatic carbocycles. The van der Waals surface area contributed by atoms with E-state index >= 15 is 0 Å². The number of rotatable bonds is 0. The maximum absolute atomic E-state index is 5.53. The maximum atomic E-state index is 5.53. The Bertz CT molecular complexity index is 874. The molecule has 3 heterocycles. The number of aryl methyl sites for hydroxylation is 1. The SMILES string of the molecule is CC1=C2c3ccoc3C1[Si]2(C)C.Cc1cc2ccccc2[cH-]1.[Cl-].[Cl-].[Zr+3]. The minimum absolute atomic E-state index is 0. The first-order valence-electron chi connectivity index (χ1n) is 7.91. The molecule has 6 rings (SSSR count). The Kier molecular flexibility index (Phi) is 7.26. The van der Waals surface area contributed by atoms with E-state index in [9.17, 15) is 0 Å². The molecule has 3 aromatic rings. The quantitative estimate of drug-likeness (QED) is 0.331. The van der Waals surface area contributed by atoms with Gasteiger partial charge in [0.05, 0.1) is 14.3 Å². The molecule has 129 valence electrons. The van der Waals surface area contributed by atoms with E-state index in [0.29, 0.717) is 5.54 Å². The number of hydrogen-bond donors (Lipinski definition) is 0. The van der Waals surface area contributed by atoms with Crippen molar-refractivity contribution in [2.45, 2.75) is 32.5 Å². The Morgan fingerprint density at radius 1 is 1.04 bits per heavy atom. The molecule has 1 aromatic heterocycles. The van der Waals surface area contributed by atoms with Crippen LogP contribution in [0.25, 0.3) is 16.0 Å². The van der Waals surface area contributed by atoms with Gasteiger partial charge in [-0.1, -0.05) is 31.7 Å². The molecule has 3 aliphatic rings. The van der Waals surface area contributed by atoms with Crippen molar-refractivity contribution in [2.75, 3.05) is 0 Å². The third-order valence-electron chi connectivity index (χ3n) is 5.18. The van der Waals surface area contributed by atoms with Crippen LogP contribution in [0.3, 0.4) is 0 Å². The van der Waals surface area contributed by atoms with Crippen molar-refractivity contribution in [3.63, 3.8) is 0 Å². The summed E-state index contributed by atoms with van der Waals surface area (Å²) in [5.41, 5.74) is 5.06. The third kappa shape index (κ3) is 3.41. The van der Waals surface area contributed by atoms with Crippen molar-refractivity contribution in [3.05, 3.63) is 71.2 Å². The number of benzene rings is 1. The van der Waals surface area contributed by atoms with Crippen molar-refractivity contribution < 1.29 is 55.4 Å². The Morgan fingerprint density at radius 3 is 2.32 bits per heavy atom. The molecule has 0 N–H and O–H groups in total. The molecule has 2 bridgehead atoms. The van der Waals surface area contributed by atoms with Crippen molar-refractivity contribution in [1.29, 1.82) is 0 Å². The molecular formula is C20H21Cl2OSiZr. The molecular weight excluding hydrogens is 446 g/mol. The summed E-state index contributed by atoms with van der Waals surface area (Å²) in [7, 11) is -1.08. The van der Waals surface area contributed by atoms with Gasteiger partial charge in [0.15, 0.2) is 0 Å². The van der Waals surface area contributed by atoms with E-state index in [2.05, 4.69) is 69.4 Å². The maximum Gasteiger partial charge on any atom is 3.00 e. The van der Waals surface area contributed by atoms with Crippen molar-refractivity contribution in [3.8, 4) is 0 Å². The van der Waals surface area contributed by atoms with E-state index in [1.807, 2.05) is 6.26 Å². The van der Waals surface area contributed by atoms with Crippen LogP contribution in [-0.2, 0) is 26.2 Å². The van der Waals surface area contributed by atoms with E-state index in [-0.39, 0.29) is 51.0 Å². The number of allylic oxidation sites excluding steroid dienone is 1. The van der Waals surface area contributed by atoms with Gasteiger partial charge in [0.2, 0.25) is 0 Å². The Hall–Kier alpha value is -0.470. The second-order valence-electron chi connectivity index (χ2n) is 7.07. The first kappa shape index (κ1) is 22.6. The molecule has 0 amide bonds. The van der Waals surface area contributed by atoms with Crippen molar-refractivity contribution in [2.24, 2.45) is 0 Å². The van der Waals surface area contributed by atoms with Gasteiger partial charge in [0, 0.05) is 11.1 Å². The summed E-state index contributed by atoms with van der Waals surface area (Å²) in [4.78, 5) is 0. The Morgan fingerprint density at radius 2 is 1.72 bits per heavy atom. The molecule has 1 aliphatic carbocycles. The topological polar surface area (TPSA) is 13.1 Å². The molecule has 5 heteroatoms. The number of fused-ring (bicyclic) bond motifs is 1.